The zero-order chi connectivity index (χ0) is 13.2. The Balaban J connectivity index is 2.47. The molecule has 0 fully saturated rings. The van der Waals surface area contributed by atoms with Crippen molar-refractivity contribution in [3.63, 3.8) is 0 Å². The average Bonchev–Trinajstić information content (AvgIpc) is 2.77. The van der Waals surface area contributed by atoms with Crippen LogP contribution in [-0.4, -0.2) is 19.0 Å². The van der Waals surface area contributed by atoms with Gasteiger partial charge in [0.05, 0.1) is 6.54 Å². The molecule has 0 aliphatic heterocycles. The first-order chi connectivity index (χ1) is 8.77. The summed E-state index contributed by atoms with van der Waals surface area (Å²) in [6.45, 7) is 8.81. The van der Waals surface area contributed by atoms with Crippen LogP contribution in [-0.2, 0) is 6.54 Å². The molecular weight excluding hydrogens is 242 g/mol. The molecular formula is C14H23N3S. The summed E-state index contributed by atoms with van der Waals surface area (Å²) in [5.41, 5.74) is 1.33. The van der Waals surface area contributed by atoms with Gasteiger partial charge in [-0.25, -0.2) is 4.99 Å². The second kappa shape index (κ2) is 8.75. The number of aliphatic imine (C=N–C) groups is 1. The van der Waals surface area contributed by atoms with Crippen LogP contribution in [0.3, 0.4) is 0 Å². The van der Waals surface area contributed by atoms with Gasteiger partial charge in [0.2, 0.25) is 0 Å². The van der Waals surface area contributed by atoms with Crippen molar-refractivity contribution >= 4 is 17.3 Å². The third kappa shape index (κ3) is 5.36. The minimum atomic E-state index is 0.752. The van der Waals surface area contributed by atoms with Crippen molar-refractivity contribution in [2.24, 2.45) is 4.99 Å². The molecule has 0 radical (unpaired) electrons. The van der Waals surface area contributed by atoms with Crippen LogP contribution in [0.15, 0.2) is 28.6 Å². The predicted molar refractivity (Wildman–Crippen MR) is 81.3 cm³/mol. The Bertz CT molecular complexity index is 393. The first kappa shape index (κ1) is 14.8. The number of rotatable bonds is 6. The Morgan fingerprint density at radius 3 is 2.89 bits per heavy atom. The molecule has 3 nitrogen and oxygen atoms in total. The molecule has 0 unspecified atom stereocenters. The van der Waals surface area contributed by atoms with Gasteiger partial charge in [0, 0.05) is 18.0 Å². The highest BCUT2D eigenvalue weighted by molar-refractivity contribution is 7.10. The number of allylic oxidation sites excluding steroid dienone is 1. The van der Waals surface area contributed by atoms with E-state index < -0.39 is 0 Å². The topological polar surface area (TPSA) is 36.4 Å². The lowest BCUT2D eigenvalue weighted by molar-refractivity contribution is 0.811. The summed E-state index contributed by atoms with van der Waals surface area (Å²) in [6, 6.07) is 2.14. The third-order valence-corrected chi connectivity index (χ3v) is 3.54. The van der Waals surface area contributed by atoms with Gasteiger partial charge in [0.1, 0.15) is 0 Å². The number of nitrogens with one attached hydrogen (secondary N) is 2. The fourth-order valence-electron chi connectivity index (χ4n) is 1.50. The lowest BCUT2D eigenvalue weighted by atomic mass is 10.3. The van der Waals surface area contributed by atoms with Gasteiger partial charge in [-0.2, -0.15) is 0 Å². The maximum Gasteiger partial charge on any atom is 0.191 e. The minimum absolute atomic E-state index is 0.752. The second-order valence-electron chi connectivity index (χ2n) is 4.01. The molecule has 1 heterocycles. The summed E-state index contributed by atoms with van der Waals surface area (Å²) in [5.74, 6) is 0.898. The summed E-state index contributed by atoms with van der Waals surface area (Å²) in [7, 11) is 0. The summed E-state index contributed by atoms with van der Waals surface area (Å²) >= 11 is 1.77. The van der Waals surface area contributed by atoms with Gasteiger partial charge in [-0.3, -0.25) is 0 Å². The molecule has 0 atom stereocenters. The van der Waals surface area contributed by atoms with Crippen LogP contribution in [0.4, 0.5) is 0 Å². The van der Waals surface area contributed by atoms with Crippen molar-refractivity contribution in [3.8, 4) is 0 Å². The summed E-state index contributed by atoms with van der Waals surface area (Å²) in [5, 5.41) is 8.71. The molecule has 18 heavy (non-hydrogen) atoms. The SMILES string of the molecule is CC=CCCNC(=NCc1sccc1C)NCC. The Morgan fingerprint density at radius 2 is 2.28 bits per heavy atom. The fraction of sp³-hybridized carbons (Fsp3) is 0.500. The number of hydrogen-bond donors (Lipinski definition) is 2. The summed E-state index contributed by atoms with van der Waals surface area (Å²) < 4.78 is 0. The van der Waals surface area contributed by atoms with Crippen molar-refractivity contribution in [1.82, 2.24) is 10.6 Å². The lowest BCUT2D eigenvalue weighted by Crippen LogP contribution is -2.37. The molecule has 1 aromatic rings. The normalized spacial score (nSPS) is 12.1. The van der Waals surface area contributed by atoms with Crippen LogP contribution >= 0.6 is 11.3 Å². The molecule has 0 bridgehead atoms. The molecule has 0 spiro atoms. The minimum Gasteiger partial charge on any atom is -0.357 e. The quantitative estimate of drug-likeness (QED) is 0.359. The van der Waals surface area contributed by atoms with Crippen LogP contribution in [0, 0.1) is 6.92 Å². The van der Waals surface area contributed by atoms with Crippen LogP contribution in [0.1, 0.15) is 30.7 Å². The molecule has 0 aliphatic rings. The van der Waals surface area contributed by atoms with Gasteiger partial charge < -0.3 is 10.6 Å². The number of hydrogen-bond acceptors (Lipinski definition) is 2. The van der Waals surface area contributed by atoms with Crippen molar-refractivity contribution in [1.29, 1.82) is 0 Å². The van der Waals surface area contributed by atoms with Crippen molar-refractivity contribution in [2.45, 2.75) is 33.7 Å². The van der Waals surface area contributed by atoms with Gasteiger partial charge in [0.15, 0.2) is 5.96 Å². The van der Waals surface area contributed by atoms with Crippen molar-refractivity contribution in [2.75, 3.05) is 13.1 Å². The molecule has 0 saturated heterocycles. The zero-order valence-electron chi connectivity index (χ0n) is 11.5. The molecule has 0 aromatic carbocycles. The monoisotopic (exact) mass is 265 g/mol. The van der Waals surface area contributed by atoms with Gasteiger partial charge >= 0.3 is 0 Å². The Labute approximate surface area is 114 Å². The van der Waals surface area contributed by atoms with Crippen LogP contribution in [0.5, 0.6) is 0 Å². The van der Waals surface area contributed by atoms with Crippen LogP contribution in [0.25, 0.3) is 0 Å². The maximum absolute atomic E-state index is 4.60. The largest absolute Gasteiger partial charge is 0.357 e. The van der Waals surface area contributed by atoms with E-state index in [0.717, 1.165) is 32.0 Å². The van der Waals surface area contributed by atoms with E-state index in [4.69, 9.17) is 0 Å². The zero-order valence-corrected chi connectivity index (χ0v) is 12.3. The summed E-state index contributed by atoms with van der Waals surface area (Å²) in [4.78, 5) is 5.93. The Kier molecular flexibility index (Phi) is 7.18. The standard InChI is InChI=1S/C14H23N3S/c1-4-6-7-9-16-14(15-5-2)17-11-13-12(3)8-10-18-13/h4,6,8,10H,5,7,9,11H2,1-3H3,(H2,15,16,17). The predicted octanol–water partition coefficient (Wildman–Crippen LogP) is 3.08. The smallest absolute Gasteiger partial charge is 0.191 e. The summed E-state index contributed by atoms with van der Waals surface area (Å²) in [6.07, 6.45) is 5.25. The van der Waals surface area contributed by atoms with Gasteiger partial charge in [-0.15, -0.1) is 11.3 Å². The van der Waals surface area contributed by atoms with E-state index in [1.807, 2.05) is 6.92 Å². The highest BCUT2D eigenvalue weighted by Crippen LogP contribution is 2.16. The molecule has 0 aliphatic carbocycles. The Morgan fingerprint density at radius 1 is 1.44 bits per heavy atom. The average molecular weight is 265 g/mol. The molecule has 1 rings (SSSR count). The van der Waals surface area contributed by atoms with E-state index in [-0.39, 0.29) is 0 Å². The van der Waals surface area contributed by atoms with Crippen molar-refractivity contribution < 1.29 is 0 Å². The molecule has 4 heteroatoms. The number of nitrogens with zero attached hydrogens (tertiary/aromatic N) is 1. The van der Waals surface area contributed by atoms with E-state index in [1.165, 1.54) is 10.4 Å². The van der Waals surface area contributed by atoms with E-state index in [0.29, 0.717) is 0 Å². The second-order valence-corrected chi connectivity index (χ2v) is 5.01. The third-order valence-electron chi connectivity index (χ3n) is 2.53. The van der Waals surface area contributed by atoms with Gasteiger partial charge in [-0.05, 0) is 44.2 Å². The number of thiophene rings is 1. The first-order valence-electron chi connectivity index (χ1n) is 6.44. The maximum atomic E-state index is 4.60. The highest BCUT2D eigenvalue weighted by atomic mass is 32.1. The molecule has 1 aromatic heterocycles. The molecule has 0 amide bonds. The van der Waals surface area contributed by atoms with E-state index in [2.05, 4.69) is 53.1 Å². The fourth-order valence-corrected chi connectivity index (χ4v) is 2.33. The van der Waals surface area contributed by atoms with Crippen LogP contribution < -0.4 is 10.6 Å². The van der Waals surface area contributed by atoms with Crippen molar-refractivity contribution in [3.05, 3.63) is 34.0 Å². The van der Waals surface area contributed by atoms with Gasteiger partial charge in [-0.1, -0.05) is 12.2 Å². The van der Waals surface area contributed by atoms with E-state index >= 15 is 0 Å². The molecule has 100 valence electrons. The molecule has 0 saturated carbocycles. The number of aryl methyl sites for hydroxylation is 1. The Hall–Kier alpha value is -1.29. The number of guanidine groups is 1. The first-order valence-corrected chi connectivity index (χ1v) is 7.32. The lowest BCUT2D eigenvalue weighted by Gasteiger charge is -2.10. The highest BCUT2D eigenvalue weighted by Gasteiger charge is 2.00. The van der Waals surface area contributed by atoms with E-state index in [1.54, 1.807) is 11.3 Å². The molecule has 2 N–H and O–H groups in total. The van der Waals surface area contributed by atoms with Gasteiger partial charge in [0.25, 0.3) is 0 Å². The van der Waals surface area contributed by atoms with Crippen LogP contribution in [0.2, 0.25) is 0 Å². The van der Waals surface area contributed by atoms with E-state index in [9.17, 15) is 0 Å².